The van der Waals surface area contributed by atoms with Gasteiger partial charge in [-0.1, -0.05) is 26.0 Å². The maximum absolute atomic E-state index is 11.1. The van der Waals surface area contributed by atoms with E-state index in [0.717, 1.165) is 11.9 Å². The van der Waals surface area contributed by atoms with Crippen molar-refractivity contribution in [2.75, 3.05) is 0 Å². The van der Waals surface area contributed by atoms with E-state index in [1.165, 1.54) is 0 Å². The summed E-state index contributed by atoms with van der Waals surface area (Å²) in [4.78, 5) is 11.1. The van der Waals surface area contributed by atoms with Gasteiger partial charge in [0.1, 0.15) is 5.52 Å². The minimum absolute atomic E-state index is 0.433. The van der Waals surface area contributed by atoms with E-state index in [0.29, 0.717) is 11.1 Å². The molecule has 1 aromatic heterocycles. The van der Waals surface area contributed by atoms with Crippen LogP contribution in [0.3, 0.4) is 0 Å². The third-order valence-electron chi connectivity index (χ3n) is 2.17. The largest absolute Gasteiger partial charge is 0.366 e. The summed E-state index contributed by atoms with van der Waals surface area (Å²) in [5, 5.41) is 5.22. The molecule has 0 aliphatic carbocycles. The molecule has 0 fully saturated rings. The fourth-order valence-electron chi connectivity index (χ4n) is 1.46. The Labute approximate surface area is 95.1 Å². The predicted octanol–water partition coefficient (Wildman–Crippen LogP) is 2.18. The number of carbonyl (C=O) groups excluding carboxylic acids is 1. The van der Waals surface area contributed by atoms with E-state index in [-0.39, 0.29) is 0 Å². The Bertz CT molecular complexity index is 488. The number of nitrogens with two attached hydrogens (primary N) is 1. The van der Waals surface area contributed by atoms with Crippen LogP contribution in [0.5, 0.6) is 0 Å². The molecule has 0 unspecified atom stereocenters. The zero-order chi connectivity index (χ0) is 12.1. The molecular formula is C12H17N3O. The summed E-state index contributed by atoms with van der Waals surface area (Å²) in [6.45, 7) is 6.78. The average Bonchev–Trinajstić information content (AvgIpc) is 2.73. The highest BCUT2D eigenvalue weighted by molar-refractivity contribution is 6.04. The smallest absolute Gasteiger partial charge is 0.250 e. The topological polar surface area (TPSA) is 60.9 Å². The van der Waals surface area contributed by atoms with Gasteiger partial charge in [-0.05, 0) is 13.0 Å². The number of primary amides is 1. The van der Waals surface area contributed by atoms with Crippen LogP contribution in [0.4, 0.5) is 0 Å². The summed E-state index contributed by atoms with van der Waals surface area (Å²) in [6, 6.07) is 5.42. The van der Waals surface area contributed by atoms with Gasteiger partial charge < -0.3 is 5.73 Å². The van der Waals surface area contributed by atoms with Crippen LogP contribution >= 0.6 is 0 Å². The highest BCUT2D eigenvalue weighted by Crippen LogP contribution is 2.16. The van der Waals surface area contributed by atoms with E-state index in [9.17, 15) is 4.79 Å². The first-order valence-corrected chi connectivity index (χ1v) is 5.48. The third kappa shape index (κ3) is 2.21. The molecule has 4 heteroatoms. The van der Waals surface area contributed by atoms with E-state index >= 15 is 0 Å². The third-order valence-corrected chi connectivity index (χ3v) is 2.17. The van der Waals surface area contributed by atoms with E-state index < -0.39 is 5.91 Å². The molecule has 0 aliphatic rings. The first-order chi connectivity index (χ1) is 7.72. The Balaban J connectivity index is 0.000000606. The summed E-state index contributed by atoms with van der Waals surface area (Å²) in [7, 11) is 0. The Kier molecular flexibility index (Phi) is 4.05. The van der Waals surface area contributed by atoms with Crippen molar-refractivity contribution in [1.82, 2.24) is 9.78 Å². The highest BCUT2D eigenvalue weighted by atomic mass is 16.1. The van der Waals surface area contributed by atoms with Gasteiger partial charge in [0.05, 0.1) is 5.56 Å². The van der Waals surface area contributed by atoms with E-state index in [4.69, 9.17) is 5.73 Å². The van der Waals surface area contributed by atoms with Crippen LogP contribution in [0.15, 0.2) is 24.4 Å². The molecule has 0 bridgehead atoms. The molecule has 1 amide bonds. The standard InChI is InChI=1S/C10H11N3O.C2H6/c1-2-13-6-7-4-3-5-8(10(11)14)9(7)12-13;1-2/h3-6H,2H2,1H3,(H2,11,14);1-2H3. The molecule has 16 heavy (non-hydrogen) atoms. The summed E-state index contributed by atoms with van der Waals surface area (Å²) in [5.41, 5.74) is 6.41. The van der Waals surface area contributed by atoms with Crippen LogP contribution < -0.4 is 5.73 Å². The van der Waals surface area contributed by atoms with Gasteiger partial charge in [0.25, 0.3) is 5.91 Å². The van der Waals surface area contributed by atoms with Gasteiger partial charge in [-0.15, -0.1) is 0 Å². The van der Waals surface area contributed by atoms with Crippen LogP contribution in [0.2, 0.25) is 0 Å². The lowest BCUT2D eigenvalue weighted by atomic mass is 10.1. The van der Waals surface area contributed by atoms with Gasteiger partial charge in [-0.25, -0.2) is 0 Å². The summed E-state index contributed by atoms with van der Waals surface area (Å²) in [6.07, 6.45) is 1.90. The lowest BCUT2D eigenvalue weighted by Crippen LogP contribution is -2.11. The summed E-state index contributed by atoms with van der Waals surface area (Å²) >= 11 is 0. The minimum Gasteiger partial charge on any atom is -0.366 e. The van der Waals surface area contributed by atoms with Gasteiger partial charge in [-0.2, -0.15) is 5.10 Å². The van der Waals surface area contributed by atoms with Crippen molar-refractivity contribution in [2.45, 2.75) is 27.3 Å². The van der Waals surface area contributed by atoms with E-state index in [2.05, 4.69) is 5.10 Å². The number of fused-ring (bicyclic) bond motifs is 1. The van der Waals surface area contributed by atoms with E-state index in [1.54, 1.807) is 10.7 Å². The molecule has 86 valence electrons. The van der Waals surface area contributed by atoms with Crippen molar-refractivity contribution in [3.05, 3.63) is 30.0 Å². The second-order valence-corrected chi connectivity index (χ2v) is 3.09. The van der Waals surface area contributed by atoms with Crippen molar-refractivity contribution >= 4 is 16.8 Å². The molecule has 0 radical (unpaired) electrons. The zero-order valence-electron chi connectivity index (χ0n) is 9.90. The maximum Gasteiger partial charge on any atom is 0.250 e. The molecule has 2 N–H and O–H groups in total. The first-order valence-electron chi connectivity index (χ1n) is 5.48. The van der Waals surface area contributed by atoms with Gasteiger partial charge >= 0.3 is 0 Å². The van der Waals surface area contributed by atoms with Crippen LogP contribution in [-0.2, 0) is 6.54 Å². The Morgan fingerprint density at radius 2 is 2.12 bits per heavy atom. The number of carbonyl (C=O) groups is 1. The predicted molar refractivity (Wildman–Crippen MR) is 65.3 cm³/mol. The minimum atomic E-state index is -0.433. The molecule has 2 rings (SSSR count). The number of benzene rings is 1. The fourth-order valence-corrected chi connectivity index (χ4v) is 1.46. The molecule has 1 heterocycles. The summed E-state index contributed by atoms with van der Waals surface area (Å²) in [5.74, 6) is -0.433. The Morgan fingerprint density at radius 1 is 1.44 bits per heavy atom. The molecule has 0 saturated heterocycles. The number of hydrogen-bond acceptors (Lipinski definition) is 2. The molecule has 2 aromatic rings. The molecule has 0 spiro atoms. The van der Waals surface area contributed by atoms with Crippen LogP contribution in [0, 0.1) is 0 Å². The molecular weight excluding hydrogens is 202 g/mol. The highest BCUT2D eigenvalue weighted by Gasteiger charge is 2.08. The fraction of sp³-hybridized carbons (Fsp3) is 0.333. The van der Waals surface area contributed by atoms with Crippen LogP contribution in [0.25, 0.3) is 10.9 Å². The lowest BCUT2D eigenvalue weighted by Gasteiger charge is -1.94. The number of aromatic nitrogens is 2. The van der Waals surface area contributed by atoms with Gasteiger partial charge in [0, 0.05) is 18.1 Å². The molecule has 4 nitrogen and oxygen atoms in total. The normalized spacial score (nSPS) is 9.69. The van der Waals surface area contributed by atoms with E-state index in [1.807, 2.05) is 39.1 Å². The summed E-state index contributed by atoms with van der Waals surface area (Å²) < 4.78 is 1.79. The maximum atomic E-state index is 11.1. The SMILES string of the molecule is CC.CCn1cc2cccc(C(N)=O)c2n1. The van der Waals surface area contributed by atoms with Crippen LogP contribution in [0.1, 0.15) is 31.1 Å². The van der Waals surface area contributed by atoms with Crippen molar-refractivity contribution in [3.8, 4) is 0 Å². The quantitative estimate of drug-likeness (QED) is 0.841. The molecule has 0 saturated carbocycles. The number of hydrogen-bond donors (Lipinski definition) is 1. The number of aryl methyl sites for hydroxylation is 1. The van der Waals surface area contributed by atoms with Gasteiger partial charge in [0.15, 0.2) is 0 Å². The Morgan fingerprint density at radius 3 is 2.69 bits per heavy atom. The average molecular weight is 219 g/mol. The lowest BCUT2D eigenvalue weighted by molar-refractivity contribution is 0.100. The Hall–Kier alpha value is -1.84. The van der Waals surface area contributed by atoms with Gasteiger partial charge in [-0.3, -0.25) is 9.48 Å². The molecule has 0 aliphatic heterocycles. The van der Waals surface area contributed by atoms with Crippen LogP contribution in [-0.4, -0.2) is 15.7 Å². The second-order valence-electron chi connectivity index (χ2n) is 3.09. The molecule has 1 aromatic carbocycles. The number of amides is 1. The van der Waals surface area contributed by atoms with Crippen molar-refractivity contribution < 1.29 is 4.79 Å². The van der Waals surface area contributed by atoms with Crippen molar-refractivity contribution in [3.63, 3.8) is 0 Å². The van der Waals surface area contributed by atoms with Crippen molar-refractivity contribution in [2.24, 2.45) is 5.73 Å². The number of rotatable bonds is 2. The second kappa shape index (κ2) is 5.30. The molecule has 0 atom stereocenters. The van der Waals surface area contributed by atoms with Crippen molar-refractivity contribution in [1.29, 1.82) is 0 Å². The monoisotopic (exact) mass is 219 g/mol. The zero-order valence-corrected chi connectivity index (χ0v) is 9.90. The first kappa shape index (κ1) is 12.2. The number of nitrogens with zero attached hydrogens (tertiary/aromatic N) is 2. The van der Waals surface area contributed by atoms with Gasteiger partial charge in [0.2, 0.25) is 0 Å².